The molecular weight excluding hydrogens is 258 g/mol. The molecule has 1 aliphatic rings. The van der Waals surface area contributed by atoms with Gasteiger partial charge in [-0.1, -0.05) is 57.5 Å². The van der Waals surface area contributed by atoms with Crippen LogP contribution in [0.2, 0.25) is 0 Å². The average Bonchev–Trinajstić information content (AvgIpc) is 3.01. The third-order valence-electron chi connectivity index (χ3n) is 3.77. The molecule has 1 saturated carbocycles. The highest BCUT2D eigenvalue weighted by atomic mass is 16.7. The van der Waals surface area contributed by atoms with Crippen molar-refractivity contribution in [3.8, 4) is 0 Å². The molecule has 2 nitrogen and oxygen atoms in total. The highest BCUT2D eigenvalue weighted by molar-refractivity contribution is 5.38. The van der Waals surface area contributed by atoms with E-state index < -0.39 is 0 Å². The molecule has 0 saturated heterocycles. The van der Waals surface area contributed by atoms with Gasteiger partial charge in [0.05, 0.1) is 0 Å². The molecule has 113 valence electrons. The lowest BCUT2D eigenvalue weighted by Crippen LogP contribution is -2.39. The standard InChI is InChI=1S/C19H26NO/c1-4-10-18(16-11-6-5-7-12-16)21-20-19(15(2)3)17-13-8-9-14-17/h5-9,11-15,18-20H,4,10H2,1-3H3/t18-,19-/m1/s1. The van der Waals surface area contributed by atoms with Crippen LogP contribution >= 0.6 is 0 Å². The minimum Gasteiger partial charge on any atom is -0.293 e. The molecule has 1 N–H and O–H groups in total. The second kappa shape index (κ2) is 8.55. The Balaban J connectivity index is 1.96. The summed E-state index contributed by atoms with van der Waals surface area (Å²) in [7, 11) is 0. The van der Waals surface area contributed by atoms with Crippen molar-refractivity contribution in [1.82, 2.24) is 5.48 Å². The molecule has 21 heavy (non-hydrogen) atoms. The van der Waals surface area contributed by atoms with E-state index in [2.05, 4.69) is 76.2 Å². The number of nitrogens with one attached hydrogen (secondary N) is 1. The molecule has 0 heterocycles. The van der Waals surface area contributed by atoms with Gasteiger partial charge in [-0.3, -0.25) is 4.84 Å². The minimum atomic E-state index is 0.104. The van der Waals surface area contributed by atoms with Gasteiger partial charge in [0.2, 0.25) is 0 Å². The van der Waals surface area contributed by atoms with E-state index >= 15 is 0 Å². The molecule has 2 heteroatoms. The predicted octanol–water partition coefficient (Wildman–Crippen LogP) is 4.48. The van der Waals surface area contributed by atoms with Crippen LogP contribution in [0.25, 0.3) is 0 Å². The summed E-state index contributed by atoms with van der Waals surface area (Å²) in [6.45, 7) is 6.62. The van der Waals surface area contributed by atoms with E-state index in [9.17, 15) is 0 Å². The molecule has 0 bridgehead atoms. The molecule has 0 aliphatic heterocycles. The fourth-order valence-corrected chi connectivity index (χ4v) is 2.56. The lowest BCUT2D eigenvalue weighted by Gasteiger charge is -2.29. The van der Waals surface area contributed by atoms with Crippen molar-refractivity contribution in [3.05, 3.63) is 67.5 Å². The molecule has 0 amide bonds. The van der Waals surface area contributed by atoms with E-state index in [1.54, 1.807) is 0 Å². The van der Waals surface area contributed by atoms with Gasteiger partial charge in [0.15, 0.2) is 0 Å². The van der Waals surface area contributed by atoms with Crippen LogP contribution in [0.1, 0.15) is 45.3 Å². The number of hydrogen-bond acceptors (Lipinski definition) is 2. The van der Waals surface area contributed by atoms with Crippen molar-refractivity contribution in [2.24, 2.45) is 5.92 Å². The van der Waals surface area contributed by atoms with Crippen LogP contribution in [0.5, 0.6) is 0 Å². The minimum absolute atomic E-state index is 0.104. The summed E-state index contributed by atoms with van der Waals surface area (Å²) in [5, 5.41) is 0. The van der Waals surface area contributed by atoms with Crippen molar-refractivity contribution in [3.63, 3.8) is 0 Å². The Labute approximate surface area is 130 Å². The molecule has 1 aliphatic carbocycles. The first-order valence-electron chi connectivity index (χ1n) is 7.90. The van der Waals surface area contributed by atoms with Gasteiger partial charge in [-0.15, -0.1) is 0 Å². The van der Waals surface area contributed by atoms with Crippen LogP contribution in [0, 0.1) is 37.5 Å². The van der Waals surface area contributed by atoms with Gasteiger partial charge in [0.25, 0.3) is 0 Å². The lowest BCUT2D eigenvalue weighted by atomic mass is 9.90. The Morgan fingerprint density at radius 1 is 1.05 bits per heavy atom. The van der Waals surface area contributed by atoms with Crippen molar-refractivity contribution in [1.29, 1.82) is 0 Å². The fraction of sp³-hybridized carbons (Fsp3) is 0.421. The predicted molar refractivity (Wildman–Crippen MR) is 87.4 cm³/mol. The Morgan fingerprint density at radius 2 is 1.71 bits per heavy atom. The Hall–Kier alpha value is -0.860. The Kier molecular flexibility index (Phi) is 6.72. The van der Waals surface area contributed by atoms with Crippen LogP contribution in [0.15, 0.2) is 30.3 Å². The zero-order valence-electron chi connectivity index (χ0n) is 13.3. The van der Waals surface area contributed by atoms with Gasteiger partial charge in [0, 0.05) is 12.0 Å². The first-order chi connectivity index (χ1) is 10.2. The van der Waals surface area contributed by atoms with Crippen molar-refractivity contribution in [2.45, 2.75) is 45.8 Å². The van der Waals surface area contributed by atoms with Crippen LogP contribution < -0.4 is 5.48 Å². The summed E-state index contributed by atoms with van der Waals surface area (Å²) in [4.78, 5) is 6.07. The molecule has 0 spiro atoms. The first kappa shape index (κ1) is 16.5. The molecule has 1 fully saturated rings. The SMILES string of the molecule is CCC[C@@H](ON[C@@H]([C]1[CH][CH][CH][CH]1)C(C)C)c1ccccc1. The van der Waals surface area contributed by atoms with Gasteiger partial charge >= 0.3 is 0 Å². The fourth-order valence-electron chi connectivity index (χ4n) is 2.56. The second-order valence-electron chi connectivity index (χ2n) is 5.86. The smallest absolute Gasteiger partial charge is 0.104 e. The number of benzene rings is 1. The first-order valence-corrected chi connectivity index (χ1v) is 7.90. The number of hydroxylamine groups is 1. The van der Waals surface area contributed by atoms with Crippen molar-refractivity contribution >= 4 is 0 Å². The summed E-state index contributed by atoms with van der Waals surface area (Å²) in [5.41, 5.74) is 4.54. The number of hydrogen-bond donors (Lipinski definition) is 1. The van der Waals surface area contributed by atoms with Gasteiger partial charge in [-0.05, 0) is 43.6 Å². The largest absolute Gasteiger partial charge is 0.293 e. The van der Waals surface area contributed by atoms with Crippen LogP contribution in [-0.2, 0) is 4.84 Å². The van der Waals surface area contributed by atoms with Crippen molar-refractivity contribution < 1.29 is 4.84 Å². The van der Waals surface area contributed by atoms with Crippen LogP contribution in [-0.4, -0.2) is 6.04 Å². The van der Waals surface area contributed by atoms with E-state index in [0.717, 1.165) is 12.8 Å². The molecule has 2 atom stereocenters. The van der Waals surface area contributed by atoms with E-state index in [1.165, 1.54) is 11.5 Å². The third-order valence-corrected chi connectivity index (χ3v) is 3.77. The molecule has 5 radical (unpaired) electrons. The van der Waals surface area contributed by atoms with Crippen LogP contribution in [0.4, 0.5) is 0 Å². The molecule has 1 aromatic carbocycles. The van der Waals surface area contributed by atoms with Gasteiger partial charge in [0.1, 0.15) is 6.10 Å². The van der Waals surface area contributed by atoms with Crippen LogP contribution in [0.3, 0.4) is 0 Å². The van der Waals surface area contributed by atoms with Gasteiger partial charge in [-0.2, -0.15) is 5.48 Å². The van der Waals surface area contributed by atoms with Crippen molar-refractivity contribution in [2.75, 3.05) is 0 Å². The maximum absolute atomic E-state index is 6.07. The molecule has 1 aromatic rings. The maximum atomic E-state index is 6.07. The highest BCUT2D eigenvalue weighted by Crippen LogP contribution is 2.31. The monoisotopic (exact) mass is 284 g/mol. The number of rotatable bonds is 8. The van der Waals surface area contributed by atoms with Gasteiger partial charge < -0.3 is 0 Å². The molecule has 2 rings (SSSR count). The normalized spacial score (nSPS) is 19.0. The summed E-state index contributed by atoms with van der Waals surface area (Å²) >= 11 is 0. The summed E-state index contributed by atoms with van der Waals surface area (Å²) in [6.07, 6.45) is 10.7. The lowest BCUT2D eigenvalue weighted by molar-refractivity contribution is -0.0533. The summed E-state index contributed by atoms with van der Waals surface area (Å²) in [5.74, 6) is 1.76. The highest BCUT2D eigenvalue weighted by Gasteiger charge is 2.29. The molecule has 0 unspecified atom stereocenters. The summed E-state index contributed by atoms with van der Waals surface area (Å²) in [6, 6.07) is 10.7. The second-order valence-corrected chi connectivity index (χ2v) is 5.86. The van der Waals surface area contributed by atoms with E-state index in [1.807, 2.05) is 6.07 Å². The summed E-state index contributed by atoms with van der Waals surface area (Å²) < 4.78 is 0. The zero-order valence-corrected chi connectivity index (χ0v) is 13.3. The average molecular weight is 284 g/mol. The van der Waals surface area contributed by atoms with Gasteiger partial charge in [-0.25, -0.2) is 0 Å². The maximum Gasteiger partial charge on any atom is 0.104 e. The van der Waals surface area contributed by atoms with E-state index in [0.29, 0.717) is 5.92 Å². The Morgan fingerprint density at radius 3 is 2.29 bits per heavy atom. The quantitative estimate of drug-likeness (QED) is 0.711. The Bertz CT molecular complexity index is 384. The van der Waals surface area contributed by atoms with E-state index in [-0.39, 0.29) is 12.1 Å². The van der Waals surface area contributed by atoms with E-state index in [4.69, 9.17) is 4.84 Å². The zero-order chi connectivity index (χ0) is 15.1. The molecular formula is C19H26NO. The topological polar surface area (TPSA) is 21.3 Å². The molecule has 0 aromatic heterocycles. The third kappa shape index (κ3) is 4.82.